The van der Waals surface area contributed by atoms with Crippen LogP contribution in [-0.4, -0.2) is 49.4 Å². The fourth-order valence-corrected chi connectivity index (χ4v) is 4.53. The molecule has 1 amide bonds. The van der Waals surface area contributed by atoms with Gasteiger partial charge in [0.1, 0.15) is 11.5 Å². The molecule has 9 nitrogen and oxygen atoms in total. The molecule has 0 aliphatic carbocycles. The molecule has 34 heavy (non-hydrogen) atoms. The van der Waals surface area contributed by atoms with E-state index in [1.54, 1.807) is 34.7 Å². The van der Waals surface area contributed by atoms with Crippen molar-refractivity contribution in [2.24, 2.45) is 5.73 Å². The fraction of sp³-hybridized carbons (Fsp3) is 0.208. The zero-order valence-corrected chi connectivity index (χ0v) is 19.0. The molecule has 0 atom stereocenters. The summed E-state index contributed by atoms with van der Waals surface area (Å²) in [5.41, 5.74) is 11.9. The summed E-state index contributed by atoms with van der Waals surface area (Å²) >= 11 is 0. The van der Waals surface area contributed by atoms with Gasteiger partial charge >= 0.3 is 7.12 Å². The van der Waals surface area contributed by atoms with Crippen LogP contribution in [0.2, 0.25) is 0 Å². The molecule has 10 heteroatoms. The number of primary amides is 1. The van der Waals surface area contributed by atoms with Gasteiger partial charge in [-0.3, -0.25) is 9.69 Å². The molecule has 0 saturated heterocycles. The molecule has 1 aliphatic heterocycles. The summed E-state index contributed by atoms with van der Waals surface area (Å²) in [5.74, 6) is 0.822. The maximum Gasteiger partial charge on any atom is 0.488 e. The molecule has 172 valence electrons. The highest BCUT2D eigenvalue weighted by molar-refractivity contribution is 6.58. The summed E-state index contributed by atoms with van der Waals surface area (Å²) < 4.78 is 1.79. The van der Waals surface area contributed by atoms with Crippen molar-refractivity contribution in [2.45, 2.75) is 26.6 Å². The largest absolute Gasteiger partial charge is 0.488 e. The van der Waals surface area contributed by atoms with Crippen molar-refractivity contribution in [3.8, 4) is 11.4 Å². The summed E-state index contributed by atoms with van der Waals surface area (Å²) in [6.45, 7) is 3.88. The Hall–Kier alpha value is -3.73. The Balaban J connectivity index is 1.57. The van der Waals surface area contributed by atoms with E-state index in [1.165, 1.54) is 0 Å². The number of carbonyl (C=O) groups is 1. The van der Waals surface area contributed by atoms with Crippen LogP contribution >= 0.6 is 0 Å². The minimum Gasteiger partial charge on any atom is -0.423 e. The summed E-state index contributed by atoms with van der Waals surface area (Å²) in [5, 5.41) is 22.4. The third kappa shape index (κ3) is 3.92. The predicted molar refractivity (Wildman–Crippen MR) is 130 cm³/mol. The van der Waals surface area contributed by atoms with E-state index in [1.807, 2.05) is 32.3 Å². The number of amides is 1. The van der Waals surface area contributed by atoms with Crippen molar-refractivity contribution in [2.75, 3.05) is 12.4 Å². The smallest absolute Gasteiger partial charge is 0.423 e. The van der Waals surface area contributed by atoms with E-state index in [4.69, 9.17) is 15.7 Å². The normalized spacial score (nSPS) is 13.3. The van der Waals surface area contributed by atoms with Crippen molar-refractivity contribution in [3.05, 3.63) is 76.7 Å². The van der Waals surface area contributed by atoms with Gasteiger partial charge in [0.25, 0.3) is 5.91 Å². The molecule has 0 unspecified atom stereocenters. The molecule has 3 aromatic heterocycles. The highest BCUT2D eigenvalue weighted by Crippen LogP contribution is 2.33. The molecule has 5 rings (SSSR count). The predicted octanol–water partition coefficient (Wildman–Crippen LogP) is 1.04. The topological polar surface area (TPSA) is 129 Å². The highest BCUT2D eigenvalue weighted by atomic mass is 16.4. The van der Waals surface area contributed by atoms with E-state index in [0.717, 1.165) is 45.8 Å². The Bertz CT molecular complexity index is 1420. The number of aryl methyl sites for hydroxylation is 1. The van der Waals surface area contributed by atoms with Gasteiger partial charge in [-0.25, -0.2) is 9.97 Å². The third-order valence-electron chi connectivity index (χ3n) is 6.13. The molecular formula is C24H25BN6O3. The van der Waals surface area contributed by atoms with E-state index >= 15 is 0 Å². The Labute approximate surface area is 197 Å². The lowest BCUT2D eigenvalue weighted by atomic mass is 9.79. The number of rotatable bonds is 6. The Kier molecular flexibility index (Phi) is 5.56. The van der Waals surface area contributed by atoms with Crippen molar-refractivity contribution in [1.82, 2.24) is 19.3 Å². The molecule has 0 radical (unpaired) electrons. The number of pyridine rings is 1. The Morgan fingerprint density at radius 2 is 1.97 bits per heavy atom. The second-order valence-corrected chi connectivity index (χ2v) is 8.68. The molecule has 5 N–H and O–H groups in total. The number of anilines is 1. The second kappa shape index (κ2) is 8.56. The number of hydrogen-bond acceptors (Lipinski definition) is 7. The van der Waals surface area contributed by atoms with Gasteiger partial charge < -0.3 is 25.5 Å². The minimum absolute atomic E-state index is 0.400. The first-order valence-corrected chi connectivity index (χ1v) is 11.0. The first kappa shape index (κ1) is 22.1. The quantitative estimate of drug-likeness (QED) is 0.319. The zero-order chi connectivity index (χ0) is 24.0. The van der Waals surface area contributed by atoms with Gasteiger partial charge in [-0.05, 0) is 42.7 Å². The summed E-state index contributed by atoms with van der Waals surface area (Å²) in [6.07, 6.45) is 1.88. The zero-order valence-electron chi connectivity index (χ0n) is 19.0. The van der Waals surface area contributed by atoms with Crippen LogP contribution in [0.15, 0.2) is 48.7 Å². The fourth-order valence-electron chi connectivity index (χ4n) is 4.53. The first-order chi connectivity index (χ1) is 16.3. The van der Waals surface area contributed by atoms with E-state index < -0.39 is 13.0 Å². The second-order valence-electron chi connectivity index (χ2n) is 8.68. The molecular weight excluding hydrogens is 431 g/mol. The molecule has 0 bridgehead atoms. The van der Waals surface area contributed by atoms with Gasteiger partial charge in [0.05, 0.1) is 11.2 Å². The lowest BCUT2D eigenvalue weighted by Crippen LogP contribution is -2.30. The summed E-state index contributed by atoms with van der Waals surface area (Å²) in [7, 11) is 0.523. The Morgan fingerprint density at radius 3 is 2.74 bits per heavy atom. The SMILES string of the molecule is Cc1cn2c(C(N)=O)cccc2c1-c1nc2c(c(NCc3cccc(B(O)O)c3)n1)CN(C)C2. The number of benzene rings is 1. The molecule has 4 heterocycles. The summed E-state index contributed by atoms with van der Waals surface area (Å²) in [4.78, 5) is 23.9. The van der Waals surface area contributed by atoms with E-state index in [0.29, 0.717) is 30.1 Å². The molecule has 0 spiro atoms. The lowest BCUT2D eigenvalue weighted by Gasteiger charge is -2.13. The van der Waals surface area contributed by atoms with Crippen LogP contribution < -0.4 is 16.5 Å². The van der Waals surface area contributed by atoms with Gasteiger partial charge in [0, 0.05) is 37.0 Å². The monoisotopic (exact) mass is 456 g/mol. The standard InChI is InChI=1S/C24H25BN6O3/c1-14-11-31-19(7-4-8-20(31)22(26)32)21(14)24-28-18-13-30(2)12-17(18)23(29-24)27-10-15-5-3-6-16(9-15)25(33)34/h3-9,11,33-34H,10,12-13H2,1-2H3,(H2,26,32)(H,27,28,29). The number of nitrogens with zero attached hydrogens (tertiary/aromatic N) is 4. The van der Waals surface area contributed by atoms with E-state index in [-0.39, 0.29) is 0 Å². The molecule has 0 saturated carbocycles. The molecule has 1 aromatic carbocycles. The van der Waals surface area contributed by atoms with Gasteiger partial charge in [0.2, 0.25) is 0 Å². The number of nitrogens with one attached hydrogen (secondary N) is 1. The number of nitrogens with two attached hydrogens (primary N) is 1. The lowest BCUT2D eigenvalue weighted by molar-refractivity contribution is 0.0994. The number of carbonyl (C=O) groups excluding carboxylic acids is 1. The van der Waals surface area contributed by atoms with E-state index in [9.17, 15) is 14.8 Å². The molecule has 0 fully saturated rings. The number of fused-ring (bicyclic) bond motifs is 2. The van der Waals surface area contributed by atoms with E-state index in [2.05, 4.69) is 10.2 Å². The highest BCUT2D eigenvalue weighted by Gasteiger charge is 2.25. The minimum atomic E-state index is -1.51. The van der Waals surface area contributed by atoms with Crippen molar-refractivity contribution < 1.29 is 14.8 Å². The molecule has 4 aromatic rings. The molecule has 1 aliphatic rings. The first-order valence-electron chi connectivity index (χ1n) is 11.0. The number of aromatic nitrogens is 3. The van der Waals surface area contributed by atoms with Crippen LogP contribution in [0.25, 0.3) is 16.9 Å². The third-order valence-corrected chi connectivity index (χ3v) is 6.13. The van der Waals surface area contributed by atoms with Crippen molar-refractivity contribution >= 4 is 29.8 Å². The average molecular weight is 456 g/mol. The van der Waals surface area contributed by atoms with Crippen LogP contribution in [0.3, 0.4) is 0 Å². The summed E-state index contributed by atoms with van der Waals surface area (Å²) in [6, 6.07) is 12.6. The van der Waals surface area contributed by atoms with Gasteiger partial charge in [-0.1, -0.05) is 30.3 Å². The maximum absolute atomic E-state index is 11.9. The van der Waals surface area contributed by atoms with Gasteiger partial charge in [0.15, 0.2) is 5.82 Å². The van der Waals surface area contributed by atoms with Crippen LogP contribution in [0.4, 0.5) is 5.82 Å². The van der Waals surface area contributed by atoms with Crippen LogP contribution in [-0.2, 0) is 19.6 Å². The van der Waals surface area contributed by atoms with Crippen LogP contribution in [0, 0.1) is 6.92 Å². The maximum atomic E-state index is 11.9. The van der Waals surface area contributed by atoms with Crippen molar-refractivity contribution in [3.63, 3.8) is 0 Å². The van der Waals surface area contributed by atoms with Crippen LogP contribution in [0.1, 0.15) is 32.9 Å². The van der Waals surface area contributed by atoms with Gasteiger partial charge in [-0.15, -0.1) is 0 Å². The van der Waals surface area contributed by atoms with Gasteiger partial charge in [-0.2, -0.15) is 0 Å². The average Bonchev–Trinajstić information content (AvgIpc) is 3.35. The number of hydrogen-bond donors (Lipinski definition) is 4. The Morgan fingerprint density at radius 1 is 1.18 bits per heavy atom. The van der Waals surface area contributed by atoms with Crippen molar-refractivity contribution in [1.29, 1.82) is 0 Å². The van der Waals surface area contributed by atoms with Crippen LogP contribution in [0.5, 0.6) is 0 Å².